The van der Waals surface area contributed by atoms with E-state index in [0.29, 0.717) is 99.6 Å². The SMILES string of the molecule is CC(=O)Oc1cc(C)nc(SCc2c(C)cncc2Cl)n1.CCc1ncsc1CSc1nc(C)cc(=O)[nH]1.CCc1ncsc1CSc1nc(C)cc(=O)[nH]1.Cc1cc(=O)[nH]c(S(=O)Cc2c(Cl)cncc2Cl)n1.Cc1cc(=O)[nH]c(SCc2c(C)cncc2C)n1.Cc1cc(=S)nc(SCc2c(Cl)cncc2Cl)[nH]1.Cl.[2H]C(Sc1nc(C)cc(=O)[nH]1)c1c(Cl)cncc1Cl. The predicted molar refractivity (Wildman–Crippen MR) is 528 cm³/mol. The summed E-state index contributed by atoms with van der Waals surface area (Å²) < 4.78 is 25.8. The highest BCUT2D eigenvalue weighted by molar-refractivity contribution is 7.99. The van der Waals surface area contributed by atoms with Crippen LogP contribution in [-0.2, 0) is 68.7 Å². The van der Waals surface area contributed by atoms with Crippen molar-refractivity contribution in [3.05, 3.63) is 313 Å². The fraction of sp³-hybridized carbons (Fsp3) is 0.268. The largest absolute Gasteiger partial charge is 0.407 e. The Morgan fingerprint density at radius 2 is 0.767 bits per heavy atom. The van der Waals surface area contributed by atoms with Gasteiger partial charge in [-0.2, -0.15) is 4.98 Å². The Balaban J connectivity index is 0.000000207. The highest BCUT2D eigenvalue weighted by Crippen LogP contribution is 2.34. The van der Waals surface area contributed by atoms with E-state index in [2.05, 4.69) is 119 Å². The third kappa shape index (κ3) is 37.1. The number of nitrogens with one attached hydrogen (secondary N) is 6. The standard InChI is InChI=1S/C14H14ClN3O2S.C13H15N3OS.C11H9Cl2N3O2S.C11H9Cl2N3OS.C11H9Cl2N3S2.2C11H13N3OS2.ClH/c1-8-5-16-6-12(15)11(8)7-21-14-17-9(2)4-13(18-14)20-10(3)19;1-8-5-14-6-9(2)11(8)7-18-13-15-10(3)4-12(17)16-13;1-6-2-10(17)16-11(15-6)19(18)5-7-8(12)3-14-4-9(7)13;2*1-6-2-10(17)16-11(15-6)18-5-7-8(12)3-14-4-9(7)13;2*1-3-8-9(17-6-12-8)5-16-11-13-7(2)4-10(15)14-11;/h4-6H,7H2,1-3H3;4-6H,7H2,1-3H3,(H,15,16,17);2-4H,5H2,1H3,(H,15,16,17);2*2-4H,5H2,1H3,(H,15,16,17);2*4,6H,3,5H2,1-2H3,(H,13,14,15);1H/i;;;5D;;;;. The van der Waals surface area contributed by atoms with E-state index in [1.807, 2.05) is 84.9 Å². The van der Waals surface area contributed by atoms with Crippen LogP contribution < -0.4 is 32.5 Å². The molecule has 680 valence electrons. The first-order chi connectivity index (χ1) is 61.4. The average Bonchev–Trinajstić information content (AvgIpc) is 1.36. The number of rotatable bonds is 24. The molecule has 2 unspecified atom stereocenters. The molecule has 47 heteroatoms. The Kier molecular flexibility index (Phi) is 45.0. The molecule has 0 saturated carbocycles. The molecule has 0 aliphatic rings. The van der Waals surface area contributed by atoms with Gasteiger partial charge in [0.15, 0.2) is 36.1 Å². The van der Waals surface area contributed by atoms with E-state index in [0.717, 1.165) is 115 Å². The second-order valence-electron chi connectivity index (χ2n) is 26.6. The fourth-order valence-electron chi connectivity index (χ4n) is 10.3. The number of aromatic nitrogens is 21. The fourth-order valence-corrected chi connectivity index (χ4v) is 21.8. The van der Waals surface area contributed by atoms with Gasteiger partial charge in [0, 0.05) is 207 Å². The van der Waals surface area contributed by atoms with Gasteiger partial charge in [0.2, 0.25) is 5.88 Å². The molecule has 0 bridgehead atoms. The van der Waals surface area contributed by atoms with Gasteiger partial charge in [-0.05, 0) is 116 Å². The van der Waals surface area contributed by atoms with Crippen molar-refractivity contribution in [2.75, 3.05) is 0 Å². The smallest absolute Gasteiger partial charge is 0.309 e. The van der Waals surface area contributed by atoms with E-state index < -0.39 is 22.5 Å². The molecule has 29 nitrogen and oxygen atoms in total. The van der Waals surface area contributed by atoms with Crippen LogP contribution in [0.2, 0.25) is 35.2 Å². The van der Waals surface area contributed by atoms with Crippen molar-refractivity contribution in [1.29, 1.82) is 0 Å². The molecule has 0 saturated heterocycles. The van der Waals surface area contributed by atoms with Gasteiger partial charge in [-0.1, -0.05) is 178 Å². The predicted octanol–water partition coefficient (Wildman–Crippen LogP) is 20.5. The monoisotopic (exact) mass is 2090 g/mol. The summed E-state index contributed by atoms with van der Waals surface area (Å²) in [7, 11) is -1.54. The number of hydrogen-bond acceptors (Lipinski definition) is 32. The summed E-state index contributed by atoms with van der Waals surface area (Å²) in [5, 5.41) is 6.78. The van der Waals surface area contributed by atoms with Gasteiger partial charge in [0.25, 0.3) is 27.8 Å². The average molecular weight is 2100 g/mol. The van der Waals surface area contributed by atoms with Crippen molar-refractivity contribution in [3.63, 3.8) is 0 Å². The molecular weight excluding hydrogens is 2010 g/mol. The summed E-state index contributed by atoms with van der Waals surface area (Å²) in [6.07, 6.45) is 17.8. The van der Waals surface area contributed by atoms with Crippen molar-refractivity contribution < 1.29 is 15.1 Å². The summed E-state index contributed by atoms with van der Waals surface area (Å²) in [6.45, 7) is 24.2. The first-order valence-corrected chi connectivity index (χ1v) is 49.6. The zero-order valence-electron chi connectivity index (χ0n) is 71.8. The molecule has 6 N–H and O–H groups in total. The van der Waals surface area contributed by atoms with Crippen LogP contribution in [0.25, 0.3) is 0 Å². The Hall–Kier alpha value is -8.17. The van der Waals surface area contributed by atoms with Crippen molar-refractivity contribution in [3.8, 4) is 5.88 Å². The van der Waals surface area contributed by atoms with Crippen LogP contribution in [0.3, 0.4) is 0 Å². The van der Waals surface area contributed by atoms with Gasteiger partial charge < -0.3 is 29.7 Å². The van der Waals surface area contributed by atoms with Crippen molar-refractivity contribution in [1.82, 2.24) is 105 Å². The van der Waals surface area contributed by atoms with Crippen molar-refractivity contribution in [2.45, 2.75) is 179 Å². The third-order valence-corrected chi connectivity index (χ3v) is 27.3. The number of halogens is 8. The molecule has 0 aliphatic carbocycles. The number of pyridine rings is 5. The minimum Gasteiger partial charge on any atom is -0.407 e. The van der Waals surface area contributed by atoms with Crippen LogP contribution in [-0.4, -0.2) is 115 Å². The summed E-state index contributed by atoms with van der Waals surface area (Å²) >= 11 is 59.1. The lowest BCUT2D eigenvalue weighted by molar-refractivity contribution is -0.132. The van der Waals surface area contributed by atoms with Gasteiger partial charge in [-0.3, -0.25) is 62.9 Å². The molecule has 0 aromatic carbocycles. The number of H-pyrrole nitrogens is 6. The topological polar surface area (TPSA) is 417 Å². The first kappa shape index (κ1) is 106. The molecule has 14 rings (SSSR count). The number of carbonyl (C=O) groups excluding carboxylic acids is 1. The van der Waals surface area contributed by atoms with Crippen molar-refractivity contribution >= 4 is 216 Å². The van der Waals surface area contributed by atoms with E-state index >= 15 is 0 Å². The molecule has 14 heterocycles. The highest BCUT2D eigenvalue weighted by atomic mass is 35.5. The summed E-state index contributed by atoms with van der Waals surface area (Å²) in [4.78, 5) is 148. The number of thiazole rings is 2. The number of hydrogen-bond donors (Lipinski definition) is 6. The number of ether oxygens (including phenoxy) is 1. The highest BCUT2D eigenvalue weighted by Gasteiger charge is 2.18. The summed E-state index contributed by atoms with van der Waals surface area (Å²) in [6, 6.07) is 10.6. The first-order valence-electron chi connectivity index (χ1n) is 38.3. The minimum absolute atomic E-state index is 0. The molecular formula is C82H83Cl8N21O8S10. The Morgan fingerprint density at radius 3 is 1.18 bits per heavy atom. The number of aromatic amines is 6. The molecule has 129 heavy (non-hydrogen) atoms. The maximum atomic E-state index is 12.2. The third-order valence-electron chi connectivity index (χ3n) is 16.3. The molecule has 0 radical (unpaired) electrons. The molecule has 2 atom stereocenters. The lowest BCUT2D eigenvalue weighted by Gasteiger charge is -2.08. The second kappa shape index (κ2) is 54.7. The lowest BCUT2D eigenvalue weighted by Crippen LogP contribution is -2.13. The van der Waals surface area contributed by atoms with Crippen LogP contribution in [0, 0.1) is 73.9 Å². The number of thioether (sulfide) groups is 6. The maximum absolute atomic E-state index is 12.2. The normalized spacial score (nSPS) is 11.1. The molecule has 14 aromatic rings. The van der Waals surface area contributed by atoms with Gasteiger partial charge in [0.05, 0.1) is 74.1 Å². The van der Waals surface area contributed by atoms with Crippen molar-refractivity contribution in [2.24, 2.45) is 0 Å². The van der Waals surface area contributed by atoms with Gasteiger partial charge in [0.1, 0.15) is 4.64 Å². The number of aryl methyl sites for hydroxylation is 12. The van der Waals surface area contributed by atoms with Crippen LogP contribution in [0.5, 0.6) is 5.88 Å². The summed E-state index contributed by atoms with van der Waals surface area (Å²) in [5.74, 6) is 3.55. The Bertz CT molecular complexity index is 6310. The quantitative estimate of drug-likeness (QED) is 0.0142. The minimum atomic E-state index is -1.54. The second-order valence-corrected chi connectivity index (χ2v) is 38.7. The van der Waals surface area contributed by atoms with E-state index in [1.54, 1.807) is 67.4 Å². The van der Waals surface area contributed by atoms with E-state index in [9.17, 15) is 33.0 Å². The molecule has 14 aromatic heterocycles. The van der Waals surface area contributed by atoms with Crippen LogP contribution in [0.4, 0.5) is 0 Å². The number of carbonyl (C=O) groups is 1. The lowest BCUT2D eigenvalue weighted by atomic mass is 10.1. The van der Waals surface area contributed by atoms with Gasteiger partial charge in [-0.25, -0.2) is 44.9 Å². The zero-order valence-corrected chi connectivity index (χ0v) is 85.1. The molecule has 0 fully saturated rings. The Morgan fingerprint density at radius 1 is 0.419 bits per heavy atom. The van der Waals surface area contributed by atoms with E-state index in [-0.39, 0.29) is 57.0 Å². The van der Waals surface area contributed by atoms with Gasteiger partial charge in [-0.15, -0.1) is 35.1 Å². The van der Waals surface area contributed by atoms with Crippen LogP contribution in [0.1, 0.15) is 128 Å². The van der Waals surface area contributed by atoms with E-state index in [1.165, 1.54) is 136 Å². The van der Waals surface area contributed by atoms with Gasteiger partial charge >= 0.3 is 5.97 Å². The molecule has 0 aliphatic heterocycles. The molecule has 0 amide bonds. The van der Waals surface area contributed by atoms with E-state index in [4.69, 9.17) is 99.5 Å². The maximum Gasteiger partial charge on any atom is 0.309 e. The van der Waals surface area contributed by atoms with Crippen LogP contribution >= 0.6 is 199 Å². The van der Waals surface area contributed by atoms with Crippen LogP contribution in [0.15, 0.2) is 176 Å². The molecule has 0 spiro atoms. The number of esters is 1. The number of nitrogens with zero attached hydrogens (tertiary/aromatic N) is 15. The zero-order chi connectivity index (χ0) is 94.1. The Labute approximate surface area is 825 Å². The summed E-state index contributed by atoms with van der Waals surface area (Å²) in [5.41, 5.74) is 16.7.